The fraction of sp³-hybridized carbons (Fsp3) is 0.125. The Morgan fingerprint density at radius 2 is 2.04 bits per heavy atom. The van der Waals surface area contributed by atoms with Crippen molar-refractivity contribution in [3.05, 3.63) is 73.8 Å². The van der Waals surface area contributed by atoms with Crippen molar-refractivity contribution < 1.29 is 14.5 Å². The Hall–Kier alpha value is -2.64. The van der Waals surface area contributed by atoms with Crippen LogP contribution < -0.4 is 0 Å². The second-order valence-electron chi connectivity index (χ2n) is 5.22. The van der Waals surface area contributed by atoms with Gasteiger partial charge < -0.3 is 4.74 Å². The van der Waals surface area contributed by atoms with Crippen molar-refractivity contribution in [3.63, 3.8) is 0 Å². The number of nitrogens with zero attached hydrogens (tertiary/aromatic N) is 3. The summed E-state index contributed by atoms with van der Waals surface area (Å²) in [4.78, 5) is 22.3. The molecule has 3 rings (SSSR count). The van der Waals surface area contributed by atoms with Crippen molar-refractivity contribution in [2.75, 3.05) is 0 Å². The number of hydrazone groups is 1. The van der Waals surface area contributed by atoms with Gasteiger partial charge in [0.15, 0.2) is 0 Å². The summed E-state index contributed by atoms with van der Waals surface area (Å²) in [7, 11) is 0. The number of rotatable bonds is 3. The quantitative estimate of drug-likeness (QED) is 0.592. The number of carbonyl (C=O) groups is 1. The molecule has 9 heteroatoms. The first kappa shape index (κ1) is 17.2. The highest BCUT2D eigenvalue weighted by molar-refractivity contribution is 6.32. The van der Waals surface area contributed by atoms with E-state index in [2.05, 4.69) is 5.10 Å². The first-order chi connectivity index (χ1) is 11.9. The second kappa shape index (κ2) is 6.70. The van der Waals surface area contributed by atoms with Gasteiger partial charge >= 0.3 is 0 Å². The molecule has 0 spiro atoms. The van der Waals surface area contributed by atoms with Gasteiger partial charge in [-0.05, 0) is 24.3 Å². The van der Waals surface area contributed by atoms with Gasteiger partial charge in [0, 0.05) is 29.1 Å². The van der Waals surface area contributed by atoms with E-state index < -0.39 is 11.2 Å². The SMILES string of the molecule is CC(=O)N1N=C(c2ccc(Cl)c([N+](=O)[O-])c2)OC1c1cccc(Cl)c1. The van der Waals surface area contributed by atoms with E-state index in [9.17, 15) is 14.9 Å². The fourth-order valence-electron chi connectivity index (χ4n) is 2.35. The van der Waals surface area contributed by atoms with Gasteiger partial charge in [-0.2, -0.15) is 5.01 Å². The third kappa shape index (κ3) is 3.42. The van der Waals surface area contributed by atoms with Crippen molar-refractivity contribution in [3.8, 4) is 0 Å². The molecule has 1 atom stereocenters. The van der Waals surface area contributed by atoms with Gasteiger partial charge in [0.25, 0.3) is 5.69 Å². The monoisotopic (exact) mass is 379 g/mol. The minimum absolute atomic E-state index is 0.00200. The van der Waals surface area contributed by atoms with Crippen molar-refractivity contribution in [1.82, 2.24) is 5.01 Å². The molecule has 1 aliphatic rings. The van der Waals surface area contributed by atoms with Gasteiger partial charge in [-0.15, -0.1) is 5.10 Å². The number of hydrogen-bond donors (Lipinski definition) is 0. The summed E-state index contributed by atoms with van der Waals surface area (Å²) in [6.07, 6.45) is -0.805. The average Bonchev–Trinajstić information content (AvgIpc) is 3.00. The minimum Gasteiger partial charge on any atom is -0.446 e. The van der Waals surface area contributed by atoms with Crippen LogP contribution in [0.25, 0.3) is 0 Å². The smallest absolute Gasteiger partial charge is 0.288 e. The van der Waals surface area contributed by atoms with Gasteiger partial charge in [-0.25, -0.2) is 0 Å². The van der Waals surface area contributed by atoms with Gasteiger partial charge in [0.2, 0.25) is 18.0 Å². The Bertz CT molecular complexity index is 901. The summed E-state index contributed by atoms with van der Waals surface area (Å²) >= 11 is 11.8. The maximum atomic E-state index is 11.9. The first-order valence-electron chi connectivity index (χ1n) is 7.11. The van der Waals surface area contributed by atoms with E-state index in [0.29, 0.717) is 16.1 Å². The lowest BCUT2D eigenvalue weighted by Gasteiger charge is -2.19. The number of halogens is 2. The molecule has 2 aromatic rings. The molecule has 0 fully saturated rings. The Labute approximate surface area is 152 Å². The Morgan fingerprint density at radius 3 is 2.68 bits per heavy atom. The van der Waals surface area contributed by atoms with E-state index in [4.69, 9.17) is 27.9 Å². The lowest BCUT2D eigenvalue weighted by Crippen LogP contribution is -2.25. The molecular weight excluding hydrogens is 369 g/mol. The lowest BCUT2D eigenvalue weighted by molar-refractivity contribution is -0.384. The third-order valence-electron chi connectivity index (χ3n) is 3.49. The zero-order valence-corrected chi connectivity index (χ0v) is 14.4. The van der Waals surface area contributed by atoms with Crippen molar-refractivity contribution in [2.45, 2.75) is 13.2 Å². The van der Waals surface area contributed by atoms with Crippen LogP contribution in [0, 0.1) is 10.1 Å². The van der Waals surface area contributed by atoms with E-state index in [1.807, 2.05) is 0 Å². The number of benzene rings is 2. The molecule has 2 aromatic carbocycles. The van der Waals surface area contributed by atoms with Crippen molar-refractivity contribution in [2.24, 2.45) is 5.10 Å². The van der Waals surface area contributed by atoms with Crippen LogP contribution in [0.4, 0.5) is 5.69 Å². The fourth-order valence-corrected chi connectivity index (χ4v) is 2.73. The average molecular weight is 380 g/mol. The van der Waals surface area contributed by atoms with Crippen molar-refractivity contribution in [1.29, 1.82) is 0 Å². The Kier molecular flexibility index (Phi) is 4.61. The molecule has 1 aliphatic heterocycles. The summed E-state index contributed by atoms with van der Waals surface area (Å²) < 4.78 is 5.77. The van der Waals surface area contributed by atoms with Crippen molar-refractivity contribution >= 4 is 40.7 Å². The van der Waals surface area contributed by atoms with Gasteiger partial charge in [-0.3, -0.25) is 14.9 Å². The molecule has 25 heavy (non-hydrogen) atoms. The van der Waals surface area contributed by atoms with Gasteiger partial charge in [0.05, 0.1) is 4.92 Å². The number of amides is 1. The predicted octanol–water partition coefficient (Wildman–Crippen LogP) is 4.14. The van der Waals surface area contributed by atoms with Gasteiger partial charge in [-0.1, -0.05) is 35.3 Å². The maximum absolute atomic E-state index is 11.9. The van der Waals surface area contributed by atoms with Gasteiger partial charge in [0.1, 0.15) is 5.02 Å². The van der Waals surface area contributed by atoms with Crippen LogP contribution in [0.15, 0.2) is 47.6 Å². The molecule has 0 saturated heterocycles. The van der Waals surface area contributed by atoms with Crippen LogP contribution in [-0.2, 0) is 9.53 Å². The van der Waals surface area contributed by atoms with E-state index >= 15 is 0 Å². The molecule has 0 N–H and O–H groups in total. The number of carbonyl (C=O) groups excluding carboxylic acids is 1. The molecule has 0 aromatic heterocycles. The molecule has 1 heterocycles. The summed E-state index contributed by atoms with van der Waals surface area (Å²) in [6.45, 7) is 1.34. The molecule has 128 valence electrons. The highest BCUT2D eigenvalue weighted by atomic mass is 35.5. The summed E-state index contributed by atoms with van der Waals surface area (Å²) in [5, 5.41) is 16.8. The zero-order chi connectivity index (χ0) is 18.1. The van der Waals surface area contributed by atoms with Crippen LogP contribution in [0.3, 0.4) is 0 Å². The number of ether oxygens (including phenoxy) is 1. The van der Waals surface area contributed by atoms with E-state index in [1.165, 1.54) is 25.1 Å². The molecule has 1 unspecified atom stereocenters. The molecule has 1 amide bonds. The Morgan fingerprint density at radius 1 is 1.28 bits per heavy atom. The first-order valence-corrected chi connectivity index (χ1v) is 7.87. The van der Waals surface area contributed by atoms with Crippen LogP contribution in [0.5, 0.6) is 0 Å². The summed E-state index contributed by atoms with van der Waals surface area (Å²) in [5.41, 5.74) is 0.697. The topological polar surface area (TPSA) is 85.0 Å². The lowest BCUT2D eigenvalue weighted by atomic mass is 10.2. The van der Waals surface area contributed by atoms with Crippen LogP contribution in [0.1, 0.15) is 24.3 Å². The standard InChI is InChI=1S/C16H11Cl2N3O4/c1-9(22)20-16(11-3-2-4-12(17)7-11)25-15(19-20)10-5-6-13(18)14(8-10)21(23)24/h2-8,16H,1H3. The molecular formula is C16H11Cl2N3O4. The zero-order valence-electron chi connectivity index (χ0n) is 12.8. The highest BCUT2D eigenvalue weighted by Crippen LogP contribution is 2.33. The third-order valence-corrected chi connectivity index (χ3v) is 4.04. The minimum atomic E-state index is -0.805. The molecule has 0 bridgehead atoms. The van der Waals surface area contributed by atoms with E-state index in [0.717, 1.165) is 5.01 Å². The number of hydrogen-bond acceptors (Lipinski definition) is 5. The van der Waals surface area contributed by atoms with Crippen LogP contribution in [-0.4, -0.2) is 21.7 Å². The summed E-state index contributed by atoms with van der Waals surface area (Å²) in [6, 6.07) is 11.0. The maximum Gasteiger partial charge on any atom is 0.288 e. The number of nitro benzene ring substituents is 1. The largest absolute Gasteiger partial charge is 0.446 e. The van der Waals surface area contributed by atoms with Crippen LogP contribution >= 0.6 is 23.2 Å². The molecule has 0 radical (unpaired) electrons. The van der Waals surface area contributed by atoms with E-state index in [1.54, 1.807) is 24.3 Å². The molecule has 0 saturated carbocycles. The van der Waals surface area contributed by atoms with Crippen LogP contribution in [0.2, 0.25) is 10.0 Å². The normalized spacial score (nSPS) is 16.4. The molecule has 0 aliphatic carbocycles. The number of nitro groups is 1. The second-order valence-corrected chi connectivity index (χ2v) is 6.06. The summed E-state index contributed by atoms with van der Waals surface area (Å²) in [5.74, 6) is -0.261. The van der Waals surface area contributed by atoms with E-state index in [-0.39, 0.29) is 22.5 Å². The Balaban J connectivity index is 1.99. The molecule has 7 nitrogen and oxygen atoms in total. The predicted molar refractivity (Wildman–Crippen MR) is 92.4 cm³/mol. The highest BCUT2D eigenvalue weighted by Gasteiger charge is 2.33.